The summed E-state index contributed by atoms with van der Waals surface area (Å²) in [6.07, 6.45) is 0.760. The second-order valence-electron chi connectivity index (χ2n) is 5.38. The molecule has 2 aromatic rings. The molecule has 0 aliphatic carbocycles. The lowest BCUT2D eigenvalue weighted by molar-refractivity contribution is 0.506. The minimum atomic E-state index is -0.120. The average Bonchev–Trinajstić information content (AvgIpc) is 2.40. The Morgan fingerprint density at radius 3 is 2.52 bits per heavy atom. The Kier molecular flexibility index (Phi) is 5.54. The minimum absolute atomic E-state index is 0.0192. The fourth-order valence-corrected chi connectivity index (χ4v) is 3.22. The fourth-order valence-electron chi connectivity index (χ4n) is 2.77. The molecule has 0 saturated heterocycles. The first-order valence-corrected chi connectivity index (χ1v) is 8.05. The van der Waals surface area contributed by atoms with E-state index < -0.39 is 0 Å². The van der Waals surface area contributed by atoms with E-state index in [1.54, 1.807) is 6.07 Å². The van der Waals surface area contributed by atoms with Gasteiger partial charge in [-0.1, -0.05) is 47.1 Å². The molecule has 0 aliphatic heterocycles. The van der Waals surface area contributed by atoms with Crippen LogP contribution in [0.3, 0.4) is 0 Å². The van der Waals surface area contributed by atoms with Crippen LogP contribution in [0.25, 0.3) is 0 Å². The van der Waals surface area contributed by atoms with E-state index in [0.717, 1.165) is 34.1 Å². The second-order valence-corrected chi connectivity index (χ2v) is 6.24. The Hall–Kier alpha value is -1.19. The van der Waals surface area contributed by atoms with Gasteiger partial charge in [0.1, 0.15) is 5.82 Å². The molecule has 0 aromatic heterocycles. The van der Waals surface area contributed by atoms with E-state index in [1.807, 2.05) is 38.1 Å². The van der Waals surface area contributed by atoms with Gasteiger partial charge in [-0.25, -0.2) is 4.39 Å². The van der Waals surface area contributed by atoms with Gasteiger partial charge in [0.2, 0.25) is 0 Å². The molecule has 0 fully saturated rings. The molecule has 0 spiro atoms. The van der Waals surface area contributed by atoms with Crippen LogP contribution in [0.1, 0.15) is 35.2 Å². The molecular weight excluding hydrogens is 329 g/mol. The quantitative estimate of drug-likeness (QED) is 0.791. The highest BCUT2D eigenvalue weighted by atomic mass is 79.9. The fraction of sp³-hybridized carbons (Fsp3) is 0.333. The van der Waals surface area contributed by atoms with E-state index in [4.69, 9.17) is 0 Å². The summed E-state index contributed by atoms with van der Waals surface area (Å²) in [5.41, 5.74) is 3.93. The van der Waals surface area contributed by atoms with Crippen LogP contribution in [-0.4, -0.2) is 6.54 Å². The summed E-state index contributed by atoms with van der Waals surface area (Å²) in [7, 11) is 0. The number of hydrogen-bond acceptors (Lipinski definition) is 1. The van der Waals surface area contributed by atoms with Gasteiger partial charge in [0.05, 0.1) is 0 Å². The predicted molar refractivity (Wildman–Crippen MR) is 90.1 cm³/mol. The van der Waals surface area contributed by atoms with E-state index in [0.29, 0.717) is 0 Å². The van der Waals surface area contributed by atoms with Crippen molar-refractivity contribution in [3.63, 3.8) is 0 Å². The second kappa shape index (κ2) is 7.19. The summed E-state index contributed by atoms with van der Waals surface area (Å²) >= 11 is 3.58. The van der Waals surface area contributed by atoms with Crippen molar-refractivity contribution in [3.05, 3.63) is 68.9 Å². The first kappa shape index (κ1) is 16.2. The molecule has 1 N–H and O–H groups in total. The summed E-state index contributed by atoms with van der Waals surface area (Å²) in [6, 6.07) is 11.8. The standard InChI is InChI=1S/C18H21BrFN/c1-4-21-17(11-14-7-5-6-8-15(14)19)18-13(3)9-12(2)10-16(18)20/h5-10,17,21H,4,11H2,1-3H3. The highest BCUT2D eigenvalue weighted by Crippen LogP contribution is 2.28. The van der Waals surface area contributed by atoms with E-state index >= 15 is 0 Å². The molecule has 3 heteroatoms. The van der Waals surface area contributed by atoms with Crippen molar-refractivity contribution >= 4 is 15.9 Å². The number of benzene rings is 2. The van der Waals surface area contributed by atoms with Gasteiger partial charge in [-0.2, -0.15) is 0 Å². The predicted octanol–water partition coefficient (Wildman–Crippen LogP) is 5.10. The molecule has 1 atom stereocenters. The van der Waals surface area contributed by atoms with Crippen molar-refractivity contribution in [2.45, 2.75) is 33.2 Å². The van der Waals surface area contributed by atoms with Crippen LogP contribution in [0.15, 0.2) is 40.9 Å². The first-order valence-electron chi connectivity index (χ1n) is 7.26. The Labute approximate surface area is 134 Å². The van der Waals surface area contributed by atoms with Gasteiger partial charge in [0.15, 0.2) is 0 Å². The maximum Gasteiger partial charge on any atom is 0.128 e. The molecule has 0 amide bonds. The normalized spacial score (nSPS) is 12.4. The lowest BCUT2D eigenvalue weighted by Crippen LogP contribution is -2.25. The van der Waals surface area contributed by atoms with Crippen LogP contribution in [0.2, 0.25) is 0 Å². The molecule has 2 rings (SSSR count). The van der Waals surface area contributed by atoms with Gasteiger partial charge in [0.25, 0.3) is 0 Å². The van der Waals surface area contributed by atoms with E-state index in [2.05, 4.69) is 34.2 Å². The summed E-state index contributed by atoms with van der Waals surface area (Å²) in [5, 5.41) is 3.41. The van der Waals surface area contributed by atoms with E-state index in [-0.39, 0.29) is 11.9 Å². The summed E-state index contributed by atoms with van der Waals surface area (Å²) < 4.78 is 15.5. The van der Waals surface area contributed by atoms with Crippen LogP contribution >= 0.6 is 15.9 Å². The van der Waals surface area contributed by atoms with Gasteiger partial charge in [0, 0.05) is 16.1 Å². The third-order valence-corrected chi connectivity index (χ3v) is 4.44. The van der Waals surface area contributed by atoms with Crippen LogP contribution in [-0.2, 0) is 6.42 Å². The number of hydrogen-bond donors (Lipinski definition) is 1. The van der Waals surface area contributed by atoms with Crippen LogP contribution in [0.4, 0.5) is 4.39 Å². The third-order valence-electron chi connectivity index (χ3n) is 3.66. The van der Waals surface area contributed by atoms with Crippen molar-refractivity contribution in [2.75, 3.05) is 6.54 Å². The zero-order chi connectivity index (χ0) is 15.4. The maximum atomic E-state index is 14.4. The van der Waals surface area contributed by atoms with Crippen molar-refractivity contribution in [1.29, 1.82) is 0 Å². The Balaban J connectivity index is 2.38. The molecule has 2 aromatic carbocycles. The molecular formula is C18H21BrFN. The molecule has 1 nitrogen and oxygen atoms in total. The molecule has 0 radical (unpaired) electrons. The molecule has 1 unspecified atom stereocenters. The van der Waals surface area contributed by atoms with Crippen molar-refractivity contribution in [2.24, 2.45) is 0 Å². The van der Waals surface area contributed by atoms with Crippen LogP contribution in [0, 0.1) is 19.7 Å². The number of halogens is 2. The van der Waals surface area contributed by atoms with Crippen LogP contribution < -0.4 is 5.32 Å². The highest BCUT2D eigenvalue weighted by Gasteiger charge is 2.19. The Morgan fingerprint density at radius 1 is 1.19 bits per heavy atom. The van der Waals surface area contributed by atoms with Crippen molar-refractivity contribution in [1.82, 2.24) is 5.32 Å². The first-order chi connectivity index (χ1) is 10.0. The van der Waals surface area contributed by atoms with Gasteiger partial charge in [-0.05, 0) is 55.6 Å². The number of likely N-dealkylation sites (N-methyl/N-ethyl adjacent to an activating group) is 1. The molecule has 0 heterocycles. The number of rotatable bonds is 5. The zero-order valence-electron chi connectivity index (χ0n) is 12.7. The van der Waals surface area contributed by atoms with Gasteiger partial charge in [-0.15, -0.1) is 0 Å². The molecule has 0 aliphatic rings. The number of aryl methyl sites for hydroxylation is 2. The molecule has 21 heavy (non-hydrogen) atoms. The van der Waals surface area contributed by atoms with Crippen molar-refractivity contribution in [3.8, 4) is 0 Å². The molecule has 0 bridgehead atoms. The third kappa shape index (κ3) is 3.92. The monoisotopic (exact) mass is 349 g/mol. The lowest BCUT2D eigenvalue weighted by Gasteiger charge is -2.22. The van der Waals surface area contributed by atoms with Gasteiger partial charge >= 0.3 is 0 Å². The summed E-state index contributed by atoms with van der Waals surface area (Å²) in [4.78, 5) is 0. The Morgan fingerprint density at radius 2 is 1.90 bits per heavy atom. The summed E-state index contributed by atoms with van der Waals surface area (Å²) in [6.45, 7) is 6.77. The smallest absolute Gasteiger partial charge is 0.128 e. The lowest BCUT2D eigenvalue weighted by atomic mass is 9.93. The van der Waals surface area contributed by atoms with E-state index in [1.165, 1.54) is 5.56 Å². The minimum Gasteiger partial charge on any atom is -0.310 e. The average molecular weight is 350 g/mol. The van der Waals surface area contributed by atoms with E-state index in [9.17, 15) is 4.39 Å². The van der Waals surface area contributed by atoms with Gasteiger partial charge < -0.3 is 5.32 Å². The SMILES string of the molecule is CCNC(Cc1ccccc1Br)c1c(C)cc(C)cc1F. The Bertz CT molecular complexity index is 601. The van der Waals surface area contributed by atoms with Crippen molar-refractivity contribution < 1.29 is 4.39 Å². The van der Waals surface area contributed by atoms with Gasteiger partial charge in [-0.3, -0.25) is 0 Å². The zero-order valence-corrected chi connectivity index (χ0v) is 14.3. The number of nitrogens with one attached hydrogen (secondary N) is 1. The summed E-state index contributed by atoms with van der Waals surface area (Å²) in [5.74, 6) is -0.120. The maximum absolute atomic E-state index is 14.4. The topological polar surface area (TPSA) is 12.0 Å². The largest absolute Gasteiger partial charge is 0.310 e. The molecule has 112 valence electrons. The highest BCUT2D eigenvalue weighted by molar-refractivity contribution is 9.10. The van der Waals surface area contributed by atoms with Crippen LogP contribution in [0.5, 0.6) is 0 Å². The molecule has 0 saturated carbocycles.